The molecule has 0 N–H and O–H groups in total. The fraction of sp³-hybridized carbons (Fsp3) is 0.273. The maximum Gasteiger partial charge on any atom is 0.0774 e. The Morgan fingerprint density at radius 2 is 1.55 bits per heavy atom. The number of aryl methyl sites for hydroxylation is 2. The van der Waals surface area contributed by atoms with Crippen molar-refractivity contribution >= 4 is 32.5 Å². The largest absolute Gasteiger partial charge is 0.333 e. The first-order valence-corrected chi connectivity index (χ1v) is 17.4. The van der Waals surface area contributed by atoms with Crippen molar-refractivity contribution in [2.75, 3.05) is 0 Å². The van der Waals surface area contributed by atoms with Gasteiger partial charge in [-0.05, 0) is 65.5 Å². The molecule has 0 saturated carbocycles. The molecule has 5 heteroatoms. The molecule has 0 atom stereocenters. The van der Waals surface area contributed by atoms with Crippen LogP contribution in [0.15, 0.2) is 97.2 Å². The number of fused-ring (bicyclic) bond motifs is 2. The number of nitrogens with zero attached hydrogens (tertiary/aromatic N) is 3. The summed E-state index contributed by atoms with van der Waals surface area (Å²) in [7, 11) is 0. The van der Waals surface area contributed by atoms with Crippen LogP contribution in [0.4, 0.5) is 0 Å². The number of hydrogen-bond acceptors (Lipinski definition) is 3. The number of pyridine rings is 1. The Morgan fingerprint density at radius 1 is 0.816 bits per heavy atom. The molecular formula is C44H45IrN3S-2. The van der Waals surface area contributed by atoms with Crippen LogP contribution in [-0.2, 0) is 26.5 Å². The summed E-state index contributed by atoms with van der Waals surface area (Å²) in [6.45, 7) is 9.34. The van der Waals surface area contributed by atoms with Crippen LogP contribution in [0.2, 0.25) is 0 Å². The minimum Gasteiger partial charge on any atom is -0.333 e. The molecule has 7 aromatic rings. The molecule has 7 rings (SSSR count). The average Bonchev–Trinajstić information content (AvgIpc) is 3.71. The van der Waals surface area contributed by atoms with Gasteiger partial charge in [0.2, 0.25) is 0 Å². The zero-order valence-electron chi connectivity index (χ0n) is 34.8. The van der Waals surface area contributed by atoms with Gasteiger partial charge in [0.15, 0.2) is 0 Å². The van der Waals surface area contributed by atoms with Crippen molar-refractivity contribution in [3.63, 3.8) is 0 Å². The third-order valence-electron chi connectivity index (χ3n) is 8.42. The van der Waals surface area contributed by atoms with E-state index in [1.807, 2.05) is 0 Å². The quantitative estimate of drug-likeness (QED) is 0.150. The van der Waals surface area contributed by atoms with Gasteiger partial charge in [-0.2, -0.15) is 0 Å². The second kappa shape index (κ2) is 15.8. The summed E-state index contributed by atoms with van der Waals surface area (Å²) < 4.78 is 47.3. The Balaban J connectivity index is 0.000000237. The van der Waals surface area contributed by atoms with Gasteiger partial charge in [-0.3, -0.25) is 16.3 Å². The van der Waals surface area contributed by atoms with Crippen molar-refractivity contribution in [2.45, 2.75) is 73.5 Å². The van der Waals surface area contributed by atoms with Crippen molar-refractivity contribution < 1.29 is 28.3 Å². The van der Waals surface area contributed by atoms with E-state index in [9.17, 15) is 0 Å². The van der Waals surface area contributed by atoms with E-state index in [4.69, 9.17) is 13.2 Å². The van der Waals surface area contributed by atoms with E-state index in [0.717, 1.165) is 28.8 Å². The van der Waals surface area contributed by atoms with Crippen molar-refractivity contribution in [2.24, 2.45) is 5.92 Å². The van der Waals surface area contributed by atoms with Crippen molar-refractivity contribution in [3.05, 3.63) is 136 Å². The molecular weight excluding hydrogens is 795 g/mol. The van der Waals surface area contributed by atoms with Gasteiger partial charge in [0, 0.05) is 40.2 Å². The summed E-state index contributed by atoms with van der Waals surface area (Å²) in [6.07, 6.45) is 2.40. The number of imidazole rings is 1. The predicted molar refractivity (Wildman–Crippen MR) is 205 cm³/mol. The fourth-order valence-corrected chi connectivity index (χ4v) is 7.01. The zero-order chi connectivity index (χ0) is 38.9. The Morgan fingerprint density at radius 3 is 2.18 bits per heavy atom. The van der Waals surface area contributed by atoms with Crippen LogP contribution in [0.3, 0.4) is 0 Å². The molecule has 0 amide bonds. The van der Waals surface area contributed by atoms with E-state index in [1.54, 1.807) is 23.5 Å². The minimum atomic E-state index is -2.18. The van der Waals surface area contributed by atoms with Gasteiger partial charge in [-0.25, -0.2) is 0 Å². The van der Waals surface area contributed by atoms with Gasteiger partial charge in [0.1, 0.15) is 0 Å². The molecule has 0 bridgehead atoms. The summed E-state index contributed by atoms with van der Waals surface area (Å²) in [5, 5.41) is 4.88. The van der Waals surface area contributed by atoms with E-state index in [-0.39, 0.29) is 31.2 Å². The molecule has 0 saturated heterocycles. The van der Waals surface area contributed by atoms with E-state index < -0.39 is 13.7 Å². The van der Waals surface area contributed by atoms with Gasteiger partial charge in [-0.15, -0.1) is 46.8 Å². The minimum absolute atomic E-state index is 0. The molecule has 253 valence electrons. The topological polar surface area (TPSA) is 30.7 Å². The molecule has 1 radical (unpaired) electrons. The zero-order valence-corrected chi connectivity index (χ0v) is 32.0. The Hall–Kier alpha value is -3.89. The fourth-order valence-electron chi connectivity index (χ4n) is 6.11. The molecule has 0 aliphatic heterocycles. The standard InChI is InChI=1S/C31H33N2S.C13H12N.Ir/c1-19(2)16-22-14-15-25-26(18-34-29(25)17-22)31-32-27-12-7-8-13-28(27)33(31)30-23(20(3)4)10-9-11-24(30)21(5)6;1-10-3-6-12(7-4-10)13-8-5-11(2)9-14-13;/h7-15,17,19-21H,16H2,1-6H3;3-6,8-9H,1-2H3;/q2*-1;/i;1D3,2D3;. The smallest absolute Gasteiger partial charge is 0.0774 e. The third kappa shape index (κ3) is 7.96. The molecule has 3 heterocycles. The van der Waals surface area contributed by atoms with Crippen LogP contribution in [0.25, 0.3) is 49.5 Å². The molecule has 3 aromatic heterocycles. The molecule has 0 aliphatic rings. The van der Waals surface area contributed by atoms with Crippen LogP contribution in [0.1, 0.15) is 89.4 Å². The van der Waals surface area contributed by atoms with Crippen LogP contribution in [0.5, 0.6) is 0 Å². The maximum absolute atomic E-state index is 7.28. The first kappa shape index (κ1) is 28.9. The van der Waals surface area contributed by atoms with Crippen LogP contribution in [-0.4, -0.2) is 14.5 Å². The Kier molecular flexibility index (Phi) is 9.30. The summed E-state index contributed by atoms with van der Waals surface area (Å²) in [4.78, 5) is 9.27. The second-order valence-electron chi connectivity index (χ2n) is 13.3. The summed E-state index contributed by atoms with van der Waals surface area (Å²) >= 11 is 1.71. The van der Waals surface area contributed by atoms with Crippen molar-refractivity contribution in [1.29, 1.82) is 0 Å². The SMILES string of the molecule is CC(C)Cc1ccc2c(-c3nc4ccccc4n3-c3c(C(C)C)cccc3C(C)C)[c-]sc2c1.[2H]C([2H])([2H])c1c[c-]c(-c2ccc(C([2H])([2H])[2H])cn2)cc1.[Ir]. The first-order chi connectivity index (χ1) is 25.5. The molecule has 4 aromatic carbocycles. The molecule has 0 aliphatic carbocycles. The van der Waals surface area contributed by atoms with E-state index in [2.05, 4.69) is 123 Å². The molecule has 0 unspecified atom stereocenters. The molecule has 3 nitrogen and oxygen atoms in total. The molecule has 0 spiro atoms. The number of para-hydroxylation sites is 3. The molecule has 0 fully saturated rings. The van der Waals surface area contributed by atoms with Gasteiger partial charge >= 0.3 is 0 Å². The Bertz CT molecular complexity index is 2290. The number of thiophene rings is 1. The maximum atomic E-state index is 7.28. The van der Waals surface area contributed by atoms with Crippen molar-refractivity contribution in [3.8, 4) is 28.3 Å². The number of aromatic nitrogens is 3. The van der Waals surface area contributed by atoms with E-state index >= 15 is 0 Å². The van der Waals surface area contributed by atoms with E-state index in [0.29, 0.717) is 29.0 Å². The van der Waals surface area contributed by atoms with Crippen LogP contribution in [0, 0.1) is 31.1 Å². The monoisotopic (exact) mass is 846 g/mol. The van der Waals surface area contributed by atoms with Gasteiger partial charge in [0.25, 0.3) is 0 Å². The number of benzene rings is 4. The van der Waals surface area contributed by atoms with Crippen LogP contribution < -0.4 is 0 Å². The van der Waals surface area contributed by atoms with Crippen LogP contribution >= 0.6 is 11.3 Å². The van der Waals surface area contributed by atoms with E-state index in [1.165, 1.54) is 56.9 Å². The van der Waals surface area contributed by atoms with Gasteiger partial charge in [0.05, 0.1) is 16.9 Å². The molecule has 49 heavy (non-hydrogen) atoms. The normalized spacial score (nSPS) is 13.7. The van der Waals surface area contributed by atoms with Gasteiger partial charge in [-0.1, -0.05) is 124 Å². The predicted octanol–water partition coefficient (Wildman–Crippen LogP) is 12.3. The van der Waals surface area contributed by atoms with Crippen molar-refractivity contribution in [1.82, 2.24) is 14.5 Å². The second-order valence-corrected chi connectivity index (χ2v) is 14.1. The first-order valence-electron chi connectivity index (χ1n) is 19.6. The third-order valence-corrected chi connectivity index (χ3v) is 9.29. The van der Waals surface area contributed by atoms with Gasteiger partial charge < -0.3 is 9.55 Å². The number of rotatable bonds is 7. The summed E-state index contributed by atoms with van der Waals surface area (Å²) in [5.74, 6) is 2.44. The Labute approximate surface area is 318 Å². The number of hydrogen-bond donors (Lipinski definition) is 0. The summed E-state index contributed by atoms with van der Waals surface area (Å²) in [6, 6.07) is 32.6. The summed E-state index contributed by atoms with van der Waals surface area (Å²) in [5.41, 5.74) is 10.2. The average molecular weight is 846 g/mol.